The van der Waals surface area contributed by atoms with Gasteiger partial charge in [0.05, 0.1) is 12.3 Å². The van der Waals surface area contributed by atoms with Gasteiger partial charge >= 0.3 is 6.09 Å². The Kier molecular flexibility index (Phi) is 8.92. The second kappa shape index (κ2) is 11.6. The van der Waals surface area contributed by atoms with E-state index in [1.165, 1.54) is 11.6 Å². The summed E-state index contributed by atoms with van der Waals surface area (Å²) in [6.45, 7) is 1.62. The average Bonchev–Trinajstić information content (AvgIpc) is 2.76. The molecule has 0 aromatic heterocycles. The van der Waals surface area contributed by atoms with Crippen molar-refractivity contribution in [2.45, 2.75) is 13.0 Å². The molecule has 0 radical (unpaired) electrons. The normalized spacial score (nSPS) is 12.8. The molecule has 0 heterocycles. The van der Waals surface area contributed by atoms with E-state index in [2.05, 4.69) is 5.32 Å². The second-order valence-corrected chi connectivity index (χ2v) is 6.41. The van der Waals surface area contributed by atoms with Gasteiger partial charge in [0, 0.05) is 18.1 Å². The van der Waals surface area contributed by atoms with Gasteiger partial charge in [-0.3, -0.25) is 15.3 Å². The summed E-state index contributed by atoms with van der Waals surface area (Å²) in [5.74, 6) is -2.58. The number of anilines is 1. The number of aliphatic hydroxyl groups excluding tert-OH is 1. The maximum atomic E-state index is 13.8. The number of carbonyl (C=O) groups is 2. The highest BCUT2D eigenvalue weighted by molar-refractivity contribution is 5.86. The molecule has 2 atom stereocenters. The molecule has 2 aromatic rings. The summed E-state index contributed by atoms with van der Waals surface area (Å²) >= 11 is 0. The minimum atomic E-state index is -0.997. The maximum absolute atomic E-state index is 13.8. The quantitative estimate of drug-likeness (QED) is 0.272. The number of hydroxylamine groups is 1. The van der Waals surface area contributed by atoms with E-state index in [9.17, 15) is 18.4 Å². The number of hydrogen-bond donors (Lipinski definition) is 4. The number of ether oxygens (including phenoxy) is 2. The van der Waals surface area contributed by atoms with Crippen molar-refractivity contribution in [3.05, 3.63) is 71.8 Å². The van der Waals surface area contributed by atoms with E-state index in [0.29, 0.717) is 17.4 Å². The summed E-state index contributed by atoms with van der Waals surface area (Å²) in [5.41, 5.74) is 1.73. The zero-order valence-corrected chi connectivity index (χ0v) is 16.5. The van der Waals surface area contributed by atoms with E-state index in [-0.39, 0.29) is 18.9 Å². The Balaban J connectivity index is 2.20. The predicted molar refractivity (Wildman–Crippen MR) is 106 cm³/mol. The van der Waals surface area contributed by atoms with Gasteiger partial charge in [0.25, 0.3) is 5.91 Å². The summed E-state index contributed by atoms with van der Waals surface area (Å²) in [4.78, 5) is 23.6. The molecule has 0 unspecified atom stereocenters. The van der Waals surface area contributed by atoms with Crippen molar-refractivity contribution in [1.82, 2.24) is 5.48 Å². The fraction of sp³-hybridized carbons (Fsp3) is 0.238. The van der Waals surface area contributed by atoms with Crippen LogP contribution in [0.5, 0.6) is 5.75 Å². The molecule has 0 saturated heterocycles. The van der Waals surface area contributed by atoms with E-state index in [1.54, 1.807) is 31.2 Å². The highest BCUT2D eigenvalue weighted by atomic mass is 19.1. The molecule has 8 nitrogen and oxygen atoms in total. The topological polar surface area (TPSA) is 117 Å². The summed E-state index contributed by atoms with van der Waals surface area (Å²) in [6, 6.07) is 9.13. The molecule has 0 saturated carbocycles. The van der Waals surface area contributed by atoms with Crippen LogP contribution in [0.1, 0.15) is 18.6 Å². The maximum Gasteiger partial charge on any atom is 0.412 e. The molecule has 0 fully saturated rings. The molecule has 0 aliphatic rings. The summed E-state index contributed by atoms with van der Waals surface area (Å²) in [7, 11) is 0. The van der Waals surface area contributed by atoms with Crippen LogP contribution in [0.25, 0.3) is 0 Å². The number of nitrogens with one attached hydrogen (secondary N) is 2. The first-order chi connectivity index (χ1) is 14.8. The van der Waals surface area contributed by atoms with Crippen LogP contribution in [0.2, 0.25) is 0 Å². The van der Waals surface area contributed by atoms with Crippen LogP contribution in [0.15, 0.2) is 54.6 Å². The third-order valence-corrected chi connectivity index (χ3v) is 4.11. The molecule has 166 valence electrons. The van der Waals surface area contributed by atoms with E-state index < -0.39 is 35.7 Å². The van der Waals surface area contributed by atoms with Gasteiger partial charge in [0.15, 0.2) is 0 Å². The largest absolute Gasteiger partial charge is 0.491 e. The first-order valence-electron chi connectivity index (χ1n) is 9.22. The summed E-state index contributed by atoms with van der Waals surface area (Å²) in [6.07, 6.45) is 0.580. The molecule has 31 heavy (non-hydrogen) atoms. The molecular weight excluding hydrogens is 414 g/mol. The third kappa shape index (κ3) is 7.36. The number of aliphatic hydroxyl groups is 1. The molecule has 10 heteroatoms. The van der Waals surface area contributed by atoms with E-state index in [4.69, 9.17) is 19.8 Å². The Morgan fingerprint density at radius 3 is 2.48 bits per heavy atom. The Hall–Kier alpha value is -3.50. The lowest BCUT2D eigenvalue weighted by molar-refractivity contribution is -0.124. The van der Waals surface area contributed by atoms with Gasteiger partial charge in [0.1, 0.15) is 30.1 Å². The lowest BCUT2D eigenvalue weighted by Crippen LogP contribution is -2.22. The van der Waals surface area contributed by atoms with Crippen molar-refractivity contribution in [2.24, 2.45) is 5.92 Å². The molecule has 2 amide bonds. The second-order valence-electron chi connectivity index (χ2n) is 6.41. The first kappa shape index (κ1) is 23.8. The Labute approximate surface area is 177 Å². The van der Waals surface area contributed by atoms with Gasteiger partial charge in [-0.25, -0.2) is 19.1 Å². The monoisotopic (exact) mass is 436 g/mol. The van der Waals surface area contributed by atoms with Crippen molar-refractivity contribution in [3.63, 3.8) is 0 Å². The van der Waals surface area contributed by atoms with E-state index in [1.807, 2.05) is 0 Å². The lowest BCUT2D eigenvalue weighted by Gasteiger charge is -2.23. The predicted octanol–water partition coefficient (Wildman–Crippen LogP) is 3.32. The first-order valence-corrected chi connectivity index (χ1v) is 9.22. The van der Waals surface area contributed by atoms with Crippen LogP contribution >= 0.6 is 0 Å². The van der Waals surface area contributed by atoms with Gasteiger partial charge < -0.3 is 14.6 Å². The van der Waals surface area contributed by atoms with Crippen LogP contribution in [0.4, 0.5) is 19.3 Å². The molecule has 0 aliphatic carbocycles. The molecule has 2 rings (SSSR count). The number of benzene rings is 2. The van der Waals surface area contributed by atoms with Crippen LogP contribution in [-0.2, 0) is 9.53 Å². The summed E-state index contributed by atoms with van der Waals surface area (Å²) in [5, 5.41) is 19.7. The summed E-state index contributed by atoms with van der Waals surface area (Å²) < 4.78 is 37.6. The number of halogens is 2. The zero-order chi connectivity index (χ0) is 22.8. The number of rotatable bonds is 9. The molecule has 0 spiro atoms. The fourth-order valence-electron chi connectivity index (χ4n) is 2.62. The van der Waals surface area contributed by atoms with Gasteiger partial charge in [0.2, 0.25) is 0 Å². The highest BCUT2D eigenvalue weighted by Gasteiger charge is 2.23. The van der Waals surface area contributed by atoms with Crippen LogP contribution in [-0.4, -0.2) is 35.5 Å². The van der Waals surface area contributed by atoms with Gasteiger partial charge in [-0.1, -0.05) is 25.1 Å². The molecule has 0 bridgehead atoms. The van der Waals surface area contributed by atoms with E-state index >= 15 is 0 Å². The highest BCUT2D eigenvalue weighted by Crippen LogP contribution is 2.29. The fourth-order valence-corrected chi connectivity index (χ4v) is 2.62. The number of hydrogen-bond acceptors (Lipinski definition) is 6. The van der Waals surface area contributed by atoms with Crippen molar-refractivity contribution in [3.8, 4) is 5.75 Å². The lowest BCUT2D eigenvalue weighted by atomic mass is 9.96. The van der Waals surface area contributed by atoms with Crippen molar-refractivity contribution in [2.75, 3.05) is 18.5 Å². The van der Waals surface area contributed by atoms with Crippen LogP contribution in [0, 0.1) is 17.6 Å². The SMILES string of the molecule is C[C@@H](/C=C/C(=O)NO)[C@H](OC(=O)Nc1ccc(F)cc1F)c1ccc(OCCO)cc1. The van der Waals surface area contributed by atoms with E-state index in [0.717, 1.165) is 18.2 Å². The number of amides is 2. The minimum absolute atomic E-state index is 0.111. The molecular formula is C21H22F2N2O6. The Morgan fingerprint density at radius 1 is 1.16 bits per heavy atom. The zero-order valence-electron chi connectivity index (χ0n) is 16.5. The van der Waals surface area contributed by atoms with Crippen LogP contribution < -0.4 is 15.5 Å². The van der Waals surface area contributed by atoms with Gasteiger partial charge in [-0.15, -0.1) is 0 Å². The van der Waals surface area contributed by atoms with Crippen molar-refractivity contribution in [1.29, 1.82) is 0 Å². The molecule has 2 aromatic carbocycles. The van der Waals surface area contributed by atoms with Gasteiger partial charge in [-0.2, -0.15) is 0 Å². The van der Waals surface area contributed by atoms with Crippen molar-refractivity contribution >= 4 is 17.7 Å². The standard InChI is InChI=1S/C21H22F2N2O6/c1-13(2-9-19(27)25-29)20(14-3-6-16(7-4-14)30-11-10-26)31-21(28)24-18-8-5-15(22)12-17(18)23/h2-9,12-13,20,26,29H,10-11H2,1H3,(H,24,28)(H,25,27)/b9-2+/t13-,20-/m0/s1. The number of carbonyl (C=O) groups excluding carboxylic acids is 2. The van der Waals surface area contributed by atoms with Crippen LogP contribution in [0.3, 0.4) is 0 Å². The van der Waals surface area contributed by atoms with Gasteiger partial charge in [-0.05, 0) is 29.8 Å². The van der Waals surface area contributed by atoms with Crippen molar-refractivity contribution < 1.29 is 38.2 Å². The average molecular weight is 436 g/mol. The molecule has 4 N–H and O–H groups in total. The minimum Gasteiger partial charge on any atom is -0.491 e. The third-order valence-electron chi connectivity index (χ3n) is 4.11. The molecule has 0 aliphatic heterocycles. The Morgan fingerprint density at radius 2 is 1.87 bits per heavy atom. The Bertz CT molecular complexity index is 921. The smallest absolute Gasteiger partial charge is 0.412 e.